The van der Waals surface area contributed by atoms with Crippen LogP contribution in [0, 0.1) is 6.92 Å². The monoisotopic (exact) mass is 388 g/mol. The zero-order chi connectivity index (χ0) is 19.0. The summed E-state index contributed by atoms with van der Waals surface area (Å²) < 4.78 is 7.01. The Balaban J connectivity index is 1.34. The number of aromatic nitrogens is 4. The standard InChI is InChI=1S/C18H24N6O2S/c1-12(2)17-20-15(26-21-17)10-23-6-4-22(5-7-23)9-14-8-16(25)24-13(3)11-27-18(24)19-14/h8,11-12H,4-7,9-10H2,1-3H3. The Morgan fingerprint density at radius 1 is 1.15 bits per heavy atom. The Labute approximate surface area is 161 Å². The van der Waals surface area contributed by atoms with Gasteiger partial charge in [-0.25, -0.2) is 4.98 Å². The number of nitrogens with zero attached hydrogens (tertiary/aromatic N) is 6. The molecule has 0 atom stereocenters. The van der Waals surface area contributed by atoms with Crippen molar-refractivity contribution in [3.8, 4) is 0 Å². The lowest BCUT2D eigenvalue weighted by molar-refractivity contribution is 0.111. The molecule has 0 spiro atoms. The predicted octanol–water partition coefficient (Wildman–Crippen LogP) is 1.89. The Morgan fingerprint density at radius 3 is 2.52 bits per heavy atom. The largest absolute Gasteiger partial charge is 0.338 e. The van der Waals surface area contributed by atoms with Gasteiger partial charge in [0, 0.05) is 55.8 Å². The molecule has 4 rings (SSSR count). The van der Waals surface area contributed by atoms with E-state index < -0.39 is 0 Å². The maximum absolute atomic E-state index is 12.3. The van der Waals surface area contributed by atoms with Crippen LogP contribution in [0.1, 0.15) is 42.9 Å². The number of fused-ring (bicyclic) bond motifs is 1. The van der Waals surface area contributed by atoms with Gasteiger partial charge in [0.1, 0.15) is 0 Å². The van der Waals surface area contributed by atoms with Gasteiger partial charge in [0.05, 0.1) is 12.2 Å². The number of piperazine rings is 1. The molecule has 3 aromatic rings. The van der Waals surface area contributed by atoms with E-state index in [2.05, 4.69) is 38.8 Å². The molecule has 0 unspecified atom stereocenters. The van der Waals surface area contributed by atoms with Crippen LogP contribution in [0.25, 0.3) is 4.96 Å². The van der Waals surface area contributed by atoms with Crippen molar-refractivity contribution < 1.29 is 4.52 Å². The molecule has 27 heavy (non-hydrogen) atoms. The molecule has 1 saturated heterocycles. The van der Waals surface area contributed by atoms with E-state index in [0.29, 0.717) is 19.0 Å². The Hall–Kier alpha value is -2.10. The van der Waals surface area contributed by atoms with Crippen molar-refractivity contribution in [1.29, 1.82) is 0 Å². The van der Waals surface area contributed by atoms with Crippen molar-refractivity contribution in [2.45, 2.75) is 39.8 Å². The van der Waals surface area contributed by atoms with Crippen LogP contribution in [0.2, 0.25) is 0 Å². The molecule has 0 aromatic carbocycles. The quantitative estimate of drug-likeness (QED) is 0.660. The first-order chi connectivity index (χ1) is 13.0. The van der Waals surface area contributed by atoms with Crippen LogP contribution in [0.5, 0.6) is 0 Å². The summed E-state index contributed by atoms with van der Waals surface area (Å²) in [6.07, 6.45) is 0. The highest BCUT2D eigenvalue weighted by molar-refractivity contribution is 7.15. The summed E-state index contributed by atoms with van der Waals surface area (Å²) in [4.78, 5) is 26.8. The minimum atomic E-state index is 0.00439. The fourth-order valence-electron chi connectivity index (χ4n) is 3.27. The number of hydrogen-bond acceptors (Lipinski definition) is 8. The van der Waals surface area contributed by atoms with Gasteiger partial charge in [-0.15, -0.1) is 11.3 Å². The van der Waals surface area contributed by atoms with E-state index in [1.165, 1.54) is 11.3 Å². The predicted molar refractivity (Wildman–Crippen MR) is 103 cm³/mol. The molecule has 3 aromatic heterocycles. The summed E-state index contributed by atoms with van der Waals surface area (Å²) in [5.74, 6) is 1.72. The van der Waals surface area contributed by atoms with Crippen LogP contribution >= 0.6 is 11.3 Å². The molecule has 0 N–H and O–H groups in total. The van der Waals surface area contributed by atoms with Gasteiger partial charge >= 0.3 is 0 Å². The minimum absolute atomic E-state index is 0.00439. The van der Waals surface area contributed by atoms with Crippen molar-refractivity contribution >= 4 is 16.3 Å². The van der Waals surface area contributed by atoms with Gasteiger partial charge in [0.15, 0.2) is 10.8 Å². The van der Waals surface area contributed by atoms with Gasteiger partial charge < -0.3 is 4.52 Å². The highest BCUT2D eigenvalue weighted by Gasteiger charge is 2.20. The first-order valence-electron chi connectivity index (χ1n) is 9.23. The Kier molecular flexibility index (Phi) is 5.07. The maximum atomic E-state index is 12.3. The molecular formula is C18H24N6O2S. The van der Waals surface area contributed by atoms with Gasteiger partial charge in [0.2, 0.25) is 5.89 Å². The van der Waals surface area contributed by atoms with Crippen LogP contribution in [0.4, 0.5) is 0 Å². The van der Waals surface area contributed by atoms with Gasteiger partial charge in [-0.1, -0.05) is 19.0 Å². The Morgan fingerprint density at radius 2 is 1.85 bits per heavy atom. The van der Waals surface area contributed by atoms with Crippen molar-refractivity contribution in [2.24, 2.45) is 0 Å². The van der Waals surface area contributed by atoms with Crippen molar-refractivity contribution in [2.75, 3.05) is 26.2 Å². The maximum Gasteiger partial charge on any atom is 0.259 e. The summed E-state index contributed by atoms with van der Waals surface area (Å²) in [6.45, 7) is 11.1. The van der Waals surface area contributed by atoms with Gasteiger partial charge in [0.25, 0.3) is 5.56 Å². The smallest absolute Gasteiger partial charge is 0.259 e. The van der Waals surface area contributed by atoms with Crippen molar-refractivity contribution in [3.05, 3.63) is 44.9 Å². The summed E-state index contributed by atoms with van der Waals surface area (Å²) >= 11 is 1.51. The van der Waals surface area contributed by atoms with Crippen LogP contribution < -0.4 is 5.56 Å². The molecule has 144 valence electrons. The molecule has 1 fully saturated rings. The lowest BCUT2D eigenvalue weighted by Crippen LogP contribution is -2.45. The number of thiazole rings is 1. The summed E-state index contributed by atoms with van der Waals surface area (Å²) in [6, 6.07) is 1.66. The third-order valence-corrected chi connectivity index (χ3v) is 5.78. The highest BCUT2D eigenvalue weighted by Crippen LogP contribution is 2.15. The van der Waals surface area contributed by atoms with Crippen LogP contribution in [-0.4, -0.2) is 55.5 Å². The topological polar surface area (TPSA) is 79.8 Å². The summed E-state index contributed by atoms with van der Waals surface area (Å²) in [5, 5.41) is 5.99. The van der Waals surface area contributed by atoms with Gasteiger partial charge in [-0.05, 0) is 6.92 Å². The van der Waals surface area contributed by atoms with E-state index >= 15 is 0 Å². The molecular weight excluding hydrogens is 364 g/mol. The third-order valence-electron chi connectivity index (χ3n) is 4.84. The number of rotatable bonds is 5. The van der Waals surface area contributed by atoms with E-state index in [0.717, 1.165) is 48.4 Å². The summed E-state index contributed by atoms with van der Waals surface area (Å²) in [7, 11) is 0. The second-order valence-electron chi connectivity index (χ2n) is 7.33. The minimum Gasteiger partial charge on any atom is -0.338 e. The highest BCUT2D eigenvalue weighted by atomic mass is 32.1. The second-order valence-corrected chi connectivity index (χ2v) is 8.17. The van der Waals surface area contributed by atoms with Crippen molar-refractivity contribution in [1.82, 2.24) is 29.3 Å². The molecule has 1 aliphatic rings. The van der Waals surface area contributed by atoms with Crippen LogP contribution in [0.3, 0.4) is 0 Å². The SMILES string of the molecule is Cc1csc2nc(CN3CCN(Cc4nc(C(C)C)no4)CC3)cc(=O)n12. The zero-order valence-electron chi connectivity index (χ0n) is 15.9. The van der Waals surface area contributed by atoms with E-state index in [-0.39, 0.29) is 11.5 Å². The van der Waals surface area contributed by atoms with Gasteiger partial charge in [-0.2, -0.15) is 4.98 Å². The summed E-state index contributed by atoms with van der Waals surface area (Å²) in [5.41, 5.74) is 1.79. The fourth-order valence-corrected chi connectivity index (χ4v) is 4.17. The third kappa shape index (κ3) is 3.95. The molecule has 0 saturated carbocycles. The first kappa shape index (κ1) is 18.3. The lowest BCUT2D eigenvalue weighted by atomic mass is 10.2. The van der Waals surface area contributed by atoms with Crippen LogP contribution in [0.15, 0.2) is 20.8 Å². The molecule has 0 radical (unpaired) electrons. The normalized spacial score (nSPS) is 16.6. The molecule has 0 amide bonds. The zero-order valence-corrected chi connectivity index (χ0v) is 16.7. The van der Waals surface area contributed by atoms with E-state index in [1.54, 1.807) is 10.5 Å². The van der Waals surface area contributed by atoms with Gasteiger partial charge in [-0.3, -0.25) is 19.0 Å². The fraction of sp³-hybridized carbons (Fsp3) is 0.556. The lowest BCUT2D eigenvalue weighted by Gasteiger charge is -2.33. The van der Waals surface area contributed by atoms with Crippen LogP contribution in [-0.2, 0) is 13.1 Å². The molecule has 4 heterocycles. The van der Waals surface area contributed by atoms with E-state index in [1.807, 2.05) is 12.3 Å². The molecule has 8 nitrogen and oxygen atoms in total. The molecule has 9 heteroatoms. The number of hydrogen-bond donors (Lipinski definition) is 0. The Bertz CT molecular complexity index is 983. The average Bonchev–Trinajstić information content (AvgIpc) is 3.24. The number of aryl methyl sites for hydroxylation is 1. The van der Waals surface area contributed by atoms with Crippen molar-refractivity contribution in [3.63, 3.8) is 0 Å². The average molecular weight is 388 g/mol. The second kappa shape index (κ2) is 7.49. The molecule has 1 aliphatic heterocycles. The van der Waals surface area contributed by atoms with E-state index in [9.17, 15) is 4.79 Å². The first-order valence-corrected chi connectivity index (χ1v) is 10.1. The molecule has 0 aliphatic carbocycles. The molecule has 0 bridgehead atoms. The van der Waals surface area contributed by atoms with E-state index in [4.69, 9.17) is 4.52 Å².